The summed E-state index contributed by atoms with van der Waals surface area (Å²) in [6.07, 6.45) is 5.73. The van der Waals surface area contributed by atoms with Gasteiger partial charge in [-0.15, -0.1) is 13.2 Å². The van der Waals surface area contributed by atoms with Gasteiger partial charge in [0.15, 0.2) is 0 Å². The molecule has 218 valence electrons. The maximum absolute atomic E-state index is 13.1. The first-order valence-electron chi connectivity index (χ1n) is 14.7. The van der Waals surface area contributed by atoms with Gasteiger partial charge in [-0.3, -0.25) is 9.69 Å². The average Bonchev–Trinajstić information content (AvgIpc) is 3.81. The van der Waals surface area contributed by atoms with Crippen molar-refractivity contribution in [1.82, 2.24) is 4.90 Å². The zero-order chi connectivity index (χ0) is 28.5. The Labute approximate surface area is 234 Å². The van der Waals surface area contributed by atoms with Crippen LogP contribution in [0.2, 0.25) is 0 Å². The lowest BCUT2D eigenvalue weighted by Crippen LogP contribution is -2.50. The van der Waals surface area contributed by atoms with Gasteiger partial charge in [-0.25, -0.2) is 0 Å². The fraction of sp³-hybridized carbons (Fsp3) is 0.594. The van der Waals surface area contributed by atoms with Crippen LogP contribution in [0.1, 0.15) is 99.4 Å². The van der Waals surface area contributed by atoms with Crippen LogP contribution >= 0.6 is 0 Å². The number of hydrogen-bond donors (Lipinski definition) is 1. The highest BCUT2D eigenvalue weighted by atomic mass is 19.4. The lowest BCUT2D eigenvalue weighted by molar-refractivity contribution is -0.275. The van der Waals surface area contributed by atoms with Crippen LogP contribution in [0.15, 0.2) is 36.4 Å². The van der Waals surface area contributed by atoms with E-state index in [4.69, 9.17) is 4.74 Å². The van der Waals surface area contributed by atoms with Crippen molar-refractivity contribution in [3.63, 3.8) is 0 Å². The number of ether oxygens (including phenoxy) is 2. The number of hydrogen-bond acceptors (Lipinski definition) is 4. The number of aryl methyl sites for hydroxylation is 1. The predicted molar refractivity (Wildman–Crippen MR) is 147 cm³/mol. The minimum atomic E-state index is -4.73. The molecule has 2 aromatic rings. The monoisotopic (exact) mass is 559 g/mol. The van der Waals surface area contributed by atoms with E-state index in [0.29, 0.717) is 31.0 Å². The SMILES string of the molecule is C1CC1.CC(Cc1ccc2c(c1)OC1(CC2)CCN(C(C)c2cc(C3CC3)ccc2OC(F)(F)F)CC1)C(=O)O. The molecule has 2 unspecified atom stereocenters. The summed E-state index contributed by atoms with van der Waals surface area (Å²) in [7, 11) is 0. The van der Waals surface area contributed by atoms with Gasteiger partial charge in [0.2, 0.25) is 0 Å². The largest absolute Gasteiger partial charge is 0.573 e. The van der Waals surface area contributed by atoms with Crippen LogP contribution in [0.3, 0.4) is 0 Å². The number of likely N-dealkylation sites (tertiary alicyclic amines) is 1. The number of fused-ring (bicyclic) bond motifs is 1. The Morgan fingerprint density at radius 3 is 2.38 bits per heavy atom. The number of carbonyl (C=O) groups is 1. The van der Waals surface area contributed by atoms with Gasteiger partial charge in [0.05, 0.1) is 5.92 Å². The Kier molecular flexibility index (Phi) is 8.37. The van der Waals surface area contributed by atoms with E-state index in [2.05, 4.69) is 9.64 Å². The first-order valence-corrected chi connectivity index (χ1v) is 14.7. The first-order chi connectivity index (χ1) is 19.0. The van der Waals surface area contributed by atoms with Crippen LogP contribution in [0.5, 0.6) is 11.5 Å². The van der Waals surface area contributed by atoms with E-state index in [1.807, 2.05) is 31.2 Å². The highest BCUT2D eigenvalue weighted by Crippen LogP contribution is 2.45. The molecule has 0 amide bonds. The van der Waals surface area contributed by atoms with Crippen molar-refractivity contribution in [3.05, 3.63) is 58.7 Å². The third-order valence-corrected chi connectivity index (χ3v) is 8.64. The van der Waals surface area contributed by atoms with E-state index in [9.17, 15) is 23.1 Å². The van der Waals surface area contributed by atoms with Crippen LogP contribution in [-0.2, 0) is 17.6 Å². The molecule has 0 radical (unpaired) electrons. The summed E-state index contributed by atoms with van der Waals surface area (Å²) in [5.41, 5.74) is 3.46. The summed E-state index contributed by atoms with van der Waals surface area (Å²) in [5, 5.41) is 9.25. The molecule has 4 aliphatic rings. The molecule has 2 saturated carbocycles. The highest BCUT2D eigenvalue weighted by molar-refractivity contribution is 5.70. The summed E-state index contributed by atoms with van der Waals surface area (Å²) in [6.45, 7) is 5.09. The lowest BCUT2D eigenvalue weighted by Gasteiger charge is -2.46. The second-order valence-electron chi connectivity index (χ2n) is 12.1. The summed E-state index contributed by atoms with van der Waals surface area (Å²) in [5.74, 6) is -0.126. The predicted octanol–water partition coefficient (Wildman–Crippen LogP) is 7.82. The van der Waals surface area contributed by atoms with Gasteiger partial charge in [0.25, 0.3) is 0 Å². The van der Waals surface area contributed by atoms with E-state index in [-0.39, 0.29) is 17.4 Å². The Hall–Kier alpha value is -2.74. The molecule has 2 aromatic carbocycles. The molecule has 5 nitrogen and oxygen atoms in total. The molecule has 6 rings (SSSR count). The molecule has 1 N–H and O–H groups in total. The van der Waals surface area contributed by atoms with Gasteiger partial charge >= 0.3 is 12.3 Å². The van der Waals surface area contributed by atoms with E-state index in [0.717, 1.165) is 61.0 Å². The summed E-state index contributed by atoms with van der Waals surface area (Å²) in [4.78, 5) is 13.5. The number of nitrogens with zero attached hydrogens (tertiary/aromatic N) is 1. The van der Waals surface area contributed by atoms with Gasteiger partial charge in [0.1, 0.15) is 17.1 Å². The molecule has 3 fully saturated rings. The molecule has 2 heterocycles. The summed E-state index contributed by atoms with van der Waals surface area (Å²) in [6, 6.07) is 10.9. The zero-order valence-corrected chi connectivity index (χ0v) is 23.4. The van der Waals surface area contributed by atoms with E-state index >= 15 is 0 Å². The van der Waals surface area contributed by atoms with E-state index in [1.165, 1.54) is 25.3 Å². The molecule has 1 saturated heterocycles. The fourth-order valence-corrected chi connectivity index (χ4v) is 5.76. The third kappa shape index (κ3) is 7.31. The second kappa shape index (κ2) is 11.6. The molecule has 2 atom stereocenters. The normalized spacial score (nSPS) is 21.3. The molecule has 0 bridgehead atoms. The lowest BCUT2D eigenvalue weighted by atomic mass is 9.82. The number of halogens is 3. The Balaban J connectivity index is 0.00000101. The van der Waals surface area contributed by atoms with Gasteiger partial charge in [-0.05, 0) is 86.6 Å². The molecule has 1 spiro atoms. The van der Waals surface area contributed by atoms with E-state index in [1.54, 1.807) is 13.0 Å². The van der Waals surface area contributed by atoms with Crippen molar-refractivity contribution < 1.29 is 32.5 Å². The number of benzene rings is 2. The summed E-state index contributed by atoms with van der Waals surface area (Å²) >= 11 is 0. The number of alkyl halides is 3. The third-order valence-electron chi connectivity index (χ3n) is 8.64. The highest BCUT2D eigenvalue weighted by Gasteiger charge is 2.41. The first kappa shape index (κ1) is 28.8. The minimum absolute atomic E-state index is 0.115. The van der Waals surface area contributed by atoms with Crippen molar-refractivity contribution >= 4 is 5.97 Å². The maximum atomic E-state index is 13.1. The van der Waals surface area contributed by atoms with Crippen LogP contribution in [0.4, 0.5) is 13.2 Å². The fourth-order valence-electron chi connectivity index (χ4n) is 5.76. The molecule has 2 aliphatic heterocycles. The summed E-state index contributed by atoms with van der Waals surface area (Å²) < 4.78 is 50.3. The van der Waals surface area contributed by atoms with Crippen molar-refractivity contribution in [3.8, 4) is 11.5 Å². The molecular formula is C32H40F3NO4. The van der Waals surface area contributed by atoms with Crippen molar-refractivity contribution in [1.29, 1.82) is 0 Å². The second-order valence-corrected chi connectivity index (χ2v) is 12.1. The number of carboxylic acid groups (broad SMARTS) is 1. The molecule has 0 aromatic heterocycles. The Bertz CT molecular complexity index is 1200. The van der Waals surface area contributed by atoms with Gasteiger partial charge in [-0.2, -0.15) is 0 Å². The number of rotatable bonds is 7. The van der Waals surface area contributed by atoms with E-state index < -0.39 is 18.2 Å². The average molecular weight is 560 g/mol. The standard InChI is InChI=1S/C29H34F3NO4.C3H6/c1-18(27(34)35)15-20-3-4-22-9-10-28(36-26(22)16-20)11-13-33(14-12-28)19(2)24-17-23(21-5-6-21)7-8-25(24)37-29(30,31)32;1-2-3-1/h3-4,7-8,16-19,21H,5-6,9-15H2,1-2H3,(H,34,35);1-3H2. The van der Waals surface area contributed by atoms with Gasteiger partial charge in [-0.1, -0.05) is 50.5 Å². The van der Waals surface area contributed by atoms with Crippen molar-refractivity contribution in [2.24, 2.45) is 5.92 Å². The number of aliphatic carboxylic acids is 1. The van der Waals surface area contributed by atoms with Crippen molar-refractivity contribution in [2.75, 3.05) is 13.1 Å². The maximum Gasteiger partial charge on any atom is 0.573 e. The smallest absolute Gasteiger partial charge is 0.487 e. The topological polar surface area (TPSA) is 59.0 Å². The van der Waals surface area contributed by atoms with Gasteiger partial charge < -0.3 is 14.6 Å². The van der Waals surface area contributed by atoms with Crippen LogP contribution in [0.25, 0.3) is 0 Å². The van der Waals surface area contributed by atoms with Crippen LogP contribution in [0, 0.1) is 5.92 Å². The Morgan fingerprint density at radius 2 is 1.77 bits per heavy atom. The number of piperidine rings is 1. The van der Waals surface area contributed by atoms with Crippen molar-refractivity contribution in [2.45, 2.75) is 102 Å². The zero-order valence-electron chi connectivity index (χ0n) is 23.4. The van der Waals surface area contributed by atoms with Crippen LogP contribution in [-0.4, -0.2) is 41.0 Å². The Morgan fingerprint density at radius 1 is 1.07 bits per heavy atom. The molecule has 40 heavy (non-hydrogen) atoms. The molecular weight excluding hydrogens is 519 g/mol. The molecule has 2 aliphatic carbocycles. The quantitative estimate of drug-likeness (QED) is 0.375. The van der Waals surface area contributed by atoms with Gasteiger partial charge in [0, 0.05) is 24.7 Å². The minimum Gasteiger partial charge on any atom is -0.487 e. The number of carboxylic acids is 1. The van der Waals surface area contributed by atoms with Crippen LogP contribution < -0.4 is 9.47 Å². The molecule has 8 heteroatoms.